The van der Waals surface area contributed by atoms with Gasteiger partial charge in [-0.25, -0.2) is 0 Å². The highest BCUT2D eigenvalue weighted by atomic mass is 32.2. The SMILES string of the molecule is O=C(OCC1CCCCO1)C1(Sc2ccccc2)CCCC1. The fourth-order valence-corrected chi connectivity index (χ4v) is 4.63. The Morgan fingerprint density at radius 2 is 1.95 bits per heavy atom. The number of esters is 1. The lowest BCUT2D eigenvalue weighted by Gasteiger charge is -2.28. The third kappa shape index (κ3) is 3.85. The van der Waals surface area contributed by atoms with Crippen molar-refractivity contribution < 1.29 is 14.3 Å². The van der Waals surface area contributed by atoms with Crippen LogP contribution >= 0.6 is 11.8 Å². The van der Waals surface area contributed by atoms with E-state index >= 15 is 0 Å². The van der Waals surface area contributed by atoms with Crippen LogP contribution in [0.5, 0.6) is 0 Å². The molecule has 0 aromatic heterocycles. The number of thioether (sulfide) groups is 1. The number of rotatable bonds is 5. The molecule has 2 fully saturated rings. The highest BCUT2D eigenvalue weighted by Gasteiger charge is 2.44. The topological polar surface area (TPSA) is 35.5 Å². The van der Waals surface area contributed by atoms with Crippen LogP contribution in [0.25, 0.3) is 0 Å². The van der Waals surface area contributed by atoms with Gasteiger partial charge in [0.05, 0.1) is 6.10 Å². The molecule has 1 aliphatic carbocycles. The van der Waals surface area contributed by atoms with Crippen LogP contribution in [0.1, 0.15) is 44.9 Å². The predicted molar refractivity (Wildman–Crippen MR) is 88.0 cm³/mol. The van der Waals surface area contributed by atoms with Crippen LogP contribution in [0, 0.1) is 0 Å². The van der Waals surface area contributed by atoms with Gasteiger partial charge in [0, 0.05) is 11.5 Å². The first-order valence-corrected chi connectivity index (χ1v) is 9.13. The van der Waals surface area contributed by atoms with Crippen LogP contribution in [-0.2, 0) is 14.3 Å². The molecule has 0 bridgehead atoms. The van der Waals surface area contributed by atoms with Gasteiger partial charge >= 0.3 is 5.97 Å². The predicted octanol–water partition coefficient (Wildman–Crippen LogP) is 4.20. The van der Waals surface area contributed by atoms with Gasteiger partial charge in [-0.2, -0.15) is 0 Å². The molecule has 1 aromatic carbocycles. The van der Waals surface area contributed by atoms with Crippen molar-refractivity contribution in [2.24, 2.45) is 0 Å². The maximum Gasteiger partial charge on any atom is 0.322 e. The monoisotopic (exact) mass is 320 g/mol. The summed E-state index contributed by atoms with van der Waals surface area (Å²) >= 11 is 1.68. The first-order valence-electron chi connectivity index (χ1n) is 8.31. The van der Waals surface area contributed by atoms with Gasteiger partial charge in [-0.15, -0.1) is 11.8 Å². The van der Waals surface area contributed by atoms with Gasteiger partial charge in [-0.1, -0.05) is 31.0 Å². The molecule has 0 amide bonds. The van der Waals surface area contributed by atoms with Gasteiger partial charge < -0.3 is 9.47 Å². The Morgan fingerprint density at radius 1 is 1.18 bits per heavy atom. The van der Waals surface area contributed by atoms with E-state index in [4.69, 9.17) is 9.47 Å². The Balaban J connectivity index is 1.61. The second-order valence-corrected chi connectivity index (χ2v) is 7.66. The smallest absolute Gasteiger partial charge is 0.322 e. The first-order chi connectivity index (χ1) is 10.8. The maximum absolute atomic E-state index is 12.7. The molecule has 120 valence electrons. The standard InChI is InChI=1S/C18H24O3S/c19-17(21-14-15-8-4-7-13-20-15)18(11-5-6-12-18)22-16-9-2-1-3-10-16/h1-3,9-10,15H,4-8,11-14H2. The van der Waals surface area contributed by atoms with Crippen molar-refractivity contribution in [3.05, 3.63) is 30.3 Å². The van der Waals surface area contributed by atoms with E-state index in [9.17, 15) is 4.79 Å². The molecule has 0 radical (unpaired) electrons. The second kappa shape index (κ2) is 7.51. The summed E-state index contributed by atoms with van der Waals surface area (Å²) in [5.74, 6) is -0.0481. The fourth-order valence-electron chi connectivity index (χ4n) is 3.25. The zero-order valence-corrected chi connectivity index (χ0v) is 13.8. The van der Waals surface area contributed by atoms with Gasteiger partial charge in [0.25, 0.3) is 0 Å². The zero-order chi connectivity index (χ0) is 15.3. The molecule has 1 aliphatic heterocycles. The molecule has 1 unspecified atom stereocenters. The average Bonchev–Trinajstić information content (AvgIpc) is 3.04. The van der Waals surface area contributed by atoms with E-state index in [0.717, 1.165) is 50.0 Å². The Bertz CT molecular complexity index is 476. The molecule has 2 aliphatic rings. The molecule has 1 saturated heterocycles. The van der Waals surface area contributed by atoms with Gasteiger partial charge in [-0.05, 0) is 44.2 Å². The molecule has 1 heterocycles. The molecule has 1 aromatic rings. The summed E-state index contributed by atoms with van der Waals surface area (Å²) in [6.45, 7) is 1.21. The van der Waals surface area contributed by atoms with Crippen LogP contribution < -0.4 is 0 Å². The van der Waals surface area contributed by atoms with E-state index in [-0.39, 0.29) is 12.1 Å². The van der Waals surface area contributed by atoms with E-state index < -0.39 is 4.75 Å². The van der Waals surface area contributed by atoms with Crippen molar-refractivity contribution in [3.8, 4) is 0 Å². The molecule has 3 rings (SSSR count). The second-order valence-electron chi connectivity index (χ2n) is 6.20. The minimum atomic E-state index is -0.393. The first kappa shape index (κ1) is 15.9. The van der Waals surface area contributed by atoms with Crippen LogP contribution in [0.15, 0.2) is 35.2 Å². The molecule has 3 nitrogen and oxygen atoms in total. The summed E-state index contributed by atoms with van der Waals surface area (Å²) in [7, 11) is 0. The molecule has 1 atom stereocenters. The normalized spacial score (nSPS) is 24.1. The summed E-state index contributed by atoms with van der Waals surface area (Å²) in [5, 5.41) is 0. The molecular weight excluding hydrogens is 296 g/mol. The average molecular weight is 320 g/mol. The number of hydrogen-bond donors (Lipinski definition) is 0. The Morgan fingerprint density at radius 3 is 2.64 bits per heavy atom. The van der Waals surface area contributed by atoms with Crippen LogP contribution in [0.3, 0.4) is 0 Å². The van der Waals surface area contributed by atoms with E-state index in [1.165, 1.54) is 6.42 Å². The zero-order valence-electron chi connectivity index (χ0n) is 13.0. The van der Waals surface area contributed by atoms with E-state index in [2.05, 4.69) is 12.1 Å². The van der Waals surface area contributed by atoms with Crippen LogP contribution in [-0.4, -0.2) is 30.0 Å². The van der Waals surface area contributed by atoms with Crippen molar-refractivity contribution in [1.29, 1.82) is 0 Å². The minimum Gasteiger partial charge on any atom is -0.462 e. The van der Waals surface area contributed by atoms with Gasteiger partial charge in [-0.3, -0.25) is 4.79 Å². The molecular formula is C18H24O3S. The molecule has 1 saturated carbocycles. The van der Waals surface area contributed by atoms with Gasteiger partial charge in [0.2, 0.25) is 0 Å². The summed E-state index contributed by atoms with van der Waals surface area (Å²) < 4.78 is 10.9. The Hall–Kier alpha value is -1.00. The van der Waals surface area contributed by atoms with E-state index in [1.807, 2.05) is 18.2 Å². The molecule has 0 spiro atoms. The lowest BCUT2D eigenvalue weighted by molar-refractivity contribution is -0.151. The molecule has 22 heavy (non-hydrogen) atoms. The lowest BCUT2D eigenvalue weighted by atomic mass is 10.1. The number of ether oxygens (including phenoxy) is 2. The highest BCUT2D eigenvalue weighted by Crippen LogP contribution is 2.46. The van der Waals surface area contributed by atoms with Crippen LogP contribution in [0.2, 0.25) is 0 Å². The largest absolute Gasteiger partial charge is 0.462 e. The summed E-state index contributed by atoms with van der Waals surface area (Å²) in [6.07, 6.45) is 7.44. The van der Waals surface area contributed by atoms with E-state index in [1.54, 1.807) is 11.8 Å². The van der Waals surface area contributed by atoms with Crippen LogP contribution in [0.4, 0.5) is 0 Å². The third-order valence-corrected chi connectivity index (χ3v) is 5.99. The Labute approximate surface area is 136 Å². The quantitative estimate of drug-likeness (QED) is 0.762. The highest BCUT2D eigenvalue weighted by molar-refractivity contribution is 8.01. The van der Waals surface area contributed by atoms with Crippen molar-refractivity contribution >= 4 is 17.7 Å². The van der Waals surface area contributed by atoms with Gasteiger partial charge in [0.1, 0.15) is 11.4 Å². The summed E-state index contributed by atoms with van der Waals surface area (Å²) in [5.41, 5.74) is 0. The van der Waals surface area contributed by atoms with E-state index in [0.29, 0.717) is 6.61 Å². The van der Waals surface area contributed by atoms with Crippen molar-refractivity contribution in [3.63, 3.8) is 0 Å². The third-order valence-electron chi connectivity index (χ3n) is 4.51. The maximum atomic E-state index is 12.7. The van der Waals surface area contributed by atoms with Crippen molar-refractivity contribution in [2.45, 2.75) is 60.7 Å². The Kier molecular flexibility index (Phi) is 5.42. The number of carbonyl (C=O) groups is 1. The lowest BCUT2D eigenvalue weighted by Crippen LogP contribution is -2.36. The number of hydrogen-bond acceptors (Lipinski definition) is 4. The van der Waals surface area contributed by atoms with Crippen molar-refractivity contribution in [1.82, 2.24) is 0 Å². The number of carbonyl (C=O) groups excluding carboxylic acids is 1. The summed E-state index contributed by atoms with van der Waals surface area (Å²) in [6, 6.07) is 10.2. The minimum absolute atomic E-state index is 0.0481. The van der Waals surface area contributed by atoms with Crippen molar-refractivity contribution in [2.75, 3.05) is 13.2 Å². The molecule has 0 N–H and O–H groups in total. The fraction of sp³-hybridized carbons (Fsp3) is 0.611. The van der Waals surface area contributed by atoms with Gasteiger partial charge in [0.15, 0.2) is 0 Å². The molecule has 4 heteroatoms. The number of benzene rings is 1. The summed E-state index contributed by atoms with van der Waals surface area (Å²) in [4.78, 5) is 13.9.